The van der Waals surface area contributed by atoms with Gasteiger partial charge in [0.05, 0.1) is 0 Å². The summed E-state index contributed by atoms with van der Waals surface area (Å²) in [6, 6.07) is 0.466. The fourth-order valence-corrected chi connectivity index (χ4v) is 3.63. The molecule has 0 radical (unpaired) electrons. The molecule has 0 aromatic rings. The predicted octanol–water partition coefficient (Wildman–Crippen LogP) is 3.31. The highest BCUT2D eigenvalue weighted by Crippen LogP contribution is 2.27. The van der Waals surface area contributed by atoms with E-state index in [0.29, 0.717) is 17.2 Å². The Bertz CT molecular complexity index is 220. The van der Waals surface area contributed by atoms with Crippen LogP contribution in [0.2, 0.25) is 0 Å². The summed E-state index contributed by atoms with van der Waals surface area (Å²) in [5, 5.41) is 0.605. The standard InChI is InChI=1S/C13H25NOS/c1-4-6-7-8-13(15)14-9-10-16-11(3)12(14)5-2/h11-12H,4-10H2,1-3H3. The summed E-state index contributed by atoms with van der Waals surface area (Å²) in [4.78, 5) is 14.2. The van der Waals surface area contributed by atoms with Crippen LogP contribution < -0.4 is 0 Å². The van der Waals surface area contributed by atoms with Gasteiger partial charge in [0.15, 0.2) is 0 Å². The monoisotopic (exact) mass is 243 g/mol. The molecule has 1 saturated heterocycles. The number of hydrogen-bond acceptors (Lipinski definition) is 2. The second-order valence-electron chi connectivity index (χ2n) is 4.60. The SMILES string of the molecule is CCCCCC(=O)N1CCSC(C)C1CC. The number of amides is 1. The molecule has 3 heteroatoms. The van der Waals surface area contributed by atoms with E-state index in [9.17, 15) is 4.79 Å². The van der Waals surface area contributed by atoms with Crippen LogP contribution in [0, 0.1) is 0 Å². The molecule has 16 heavy (non-hydrogen) atoms. The fraction of sp³-hybridized carbons (Fsp3) is 0.923. The predicted molar refractivity (Wildman–Crippen MR) is 71.9 cm³/mol. The Balaban J connectivity index is 2.45. The van der Waals surface area contributed by atoms with Crippen LogP contribution in [-0.2, 0) is 4.79 Å². The molecule has 0 bridgehead atoms. The van der Waals surface area contributed by atoms with Gasteiger partial charge in [0.2, 0.25) is 5.91 Å². The minimum absolute atomic E-state index is 0.382. The highest BCUT2D eigenvalue weighted by atomic mass is 32.2. The van der Waals surface area contributed by atoms with E-state index in [0.717, 1.165) is 31.6 Å². The lowest BCUT2D eigenvalue weighted by atomic mass is 10.1. The van der Waals surface area contributed by atoms with Crippen LogP contribution in [0.15, 0.2) is 0 Å². The first-order valence-corrected chi connectivity index (χ1v) is 7.66. The van der Waals surface area contributed by atoms with Crippen molar-refractivity contribution in [3.05, 3.63) is 0 Å². The molecule has 0 aromatic carbocycles. The van der Waals surface area contributed by atoms with Crippen LogP contribution in [0.4, 0.5) is 0 Å². The second kappa shape index (κ2) is 7.21. The second-order valence-corrected chi connectivity index (χ2v) is 6.08. The Kier molecular flexibility index (Phi) is 6.25. The van der Waals surface area contributed by atoms with E-state index in [1.165, 1.54) is 12.8 Å². The van der Waals surface area contributed by atoms with Crippen molar-refractivity contribution in [1.29, 1.82) is 0 Å². The lowest BCUT2D eigenvalue weighted by Gasteiger charge is -2.39. The fourth-order valence-electron chi connectivity index (χ4n) is 2.40. The van der Waals surface area contributed by atoms with E-state index in [1.807, 2.05) is 11.8 Å². The summed E-state index contributed by atoms with van der Waals surface area (Å²) in [6.45, 7) is 7.58. The third-order valence-corrected chi connectivity index (χ3v) is 4.65. The maximum atomic E-state index is 12.1. The number of carbonyl (C=O) groups excluding carboxylic acids is 1. The van der Waals surface area contributed by atoms with Crippen LogP contribution in [0.25, 0.3) is 0 Å². The summed E-state index contributed by atoms with van der Waals surface area (Å²) in [6.07, 6.45) is 5.27. The zero-order valence-corrected chi connectivity index (χ0v) is 11.7. The van der Waals surface area contributed by atoms with Crippen molar-refractivity contribution < 1.29 is 4.79 Å². The smallest absolute Gasteiger partial charge is 0.222 e. The van der Waals surface area contributed by atoms with E-state index in [-0.39, 0.29) is 0 Å². The minimum Gasteiger partial charge on any atom is -0.338 e. The van der Waals surface area contributed by atoms with Gasteiger partial charge in [0.1, 0.15) is 0 Å². The van der Waals surface area contributed by atoms with Gasteiger partial charge in [-0.1, -0.05) is 33.6 Å². The molecule has 2 unspecified atom stereocenters. The number of unbranched alkanes of at least 4 members (excludes halogenated alkanes) is 2. The van der Waals surface area contributed by atoms with Crippen LogP contribution in [0.5, 0.6) is 0 Å². The van der Waals surface area contributed by atoms with E-state index < -0.39 is 0 Å². The number of hydrogen-bond donors (Lipinski definition) is 0. The Hall–Kier alpha value is -0.180. The molecule has 2 atom stereocenters. The van der Waals surface area contributed by atoms with E-state index in [1.54, 1.807) is 0 Å². The van der Waals surface area contributed by atoms with Gasteiger partial charge < -0.3 is 4.90 Å². The lowest BCUT2D eigenvalue weighted by Crippen LogP contribution is -2.49. The van der Waals surface area contributed by atoms with E-state index in [2.05, 4.69) is 25.7 Å². The molecule has 2 nitrogen and oxygen atoms in total. The Morgan fingerprint density at radius 3 is 2.75 bits per heavy atom. The van der Waals surface area contributed by atoms with Gasteiger partial charge in [-0.2, -0.15) is 11.8 Å². The van der Waals surface area contributed by atoms with Crippen LogP contribution >= 0.6 is 11.8 Å². The van der Waals surface area contributed by atoms with Gasteiger partial charge in [-0.3, -0.25) is 4.79 Å². The summed E-state index contributed by atoms with van der Waals surface area (Å²) >= 11 is 2.01. The summed E-state index contributed by atoms with van der Waals surface area (Å²) in [7, 11) is 0. The Labute approximate surface area is 104 Å². The van der Waals surface area contributed by atoms with Crippen LogP contribution in [0.3, 0.4) is 0 Å². The van der Waals surface area contributed by atoms with Crippen LogP contribution in [0.1, 0.15) is 52.9 Å². The van der Waals surface area contributed by atoms with Crippen molar-refractivity contribution >= 4 is 17.7 Å². The Morgan fingerprint density at radius 1 is 1.38 bits per heavy atom. The molecular weight excluding hydrogens is 218 g/mol. The number of thioether (sulfide) groups is 1. The number of nitrogens with zero attached hydrogens (tertiary/aromatic N) is 1. The molecule has 0 spiro atoms. The zero-order valence-electron chi connectivity index (χ0n) is 10.9. The van der Waals surface area contributed by atoms with Crippen LogP contribution in [-0.4, -0.2) is 34.4 Å². The first kappa shape index (κ1) is 13.9. The maximum Gasteiger partial charge on any atom is 0.222 e. The van der Waals surface area contributed by atoms with Gasteiger partial charge in [0, 0.05) is 30.0 Å². The first-order chi connectivity index (χ1) is 7.70. The van der Waals surface area contributed by atoms with Gasteiger partial charge >= 0.3 is 0 Å². The summed E-state index contributed by atoms with van der Waals surface area (Å²) in [5.74, 6) is 1.49. The topological polar surface area (TPSA) is 20.3 Å². The van der Waals surface area contributed by atoms with Crippen molar-refractivity contribution in [1.82, 2.24) is 4.90 Å². The largest absolute Gasteiger partial charge is 0.338 e. The molecule has 1 rings (SSSR count). The summed E-state index contributed by atoms with van der Waals surface area (Å²) < 4.78 is 0. The van der Waals surface area contributed by atoms with Crippen molar-refractivity contribution in [3.63, 3.8) is 0 Å². The van der Waals surface area contributed by atoms with Gasteiger partial charge in [-0.25, -0.2) is 0 Å². The van der Waals surface area contributed by atoms with Gasteiger partial charge in [0.25, 0.3) is 0 Å². The molecule has 0 saturated carbocycles. The maximum absolute atomic E-state index is 12.1. The third kappa shape index (κ3) is 3.69. The van der Waals surface area contributed by atoms with Crippen molar-refractivity contribution in [2.24, 2.45) is 0 Å². The van der Waals surface area contributed by atoms with E-state index >= 15 is 0 Å². The molecule has 1 heterocycles. The average molecular weight is 243 g/mol. The average Bonchev–Trinajstić information content (AvgIpc) is 2.29. The minimum atomic E-state index is 0.382. The van der Waals surface area contributed by atoms with Crippen molar-refractivity contribution in [3.8, 4) is 0 Å². The zero-order chi connectivity index (χ0) is 12.0. The number of rotatable bonds is 5. The molecule has 1 amide bonds. The molecular formula is C13H25NOS. The molecule has 94 valence electrons. The molecule has 1 fully saturated rings. The van der Waals surface area contributed by atoms with Crippen molar-refractivity contribution in [2.45, 2.75) is 64.2 Å². The van der Waals surface area contributed by atoms with Crippen molar-refractivity contribution in [2.75, 3.05) is 12.3 Å². The quantitative estimate of drug-likeness (QED) is 0.690. The van der Waals surface area contributed by atoms with E-state index in [4.69, 9.17) is 0 Å². The first-order valence-electron chi connectivity index (χ1n) is 6.61. The van der Waals surface area contributed by atoms with Gasteiger partial charge in [-0.05, 0) is 12.8 Å². The molecule has 0 aliphatic carbocycles. The molecule has 1 aliphatic rings. The summed E-state index contributed by atoms with van der Waals surface area (Å²) in [5.41, 5.74) is 0. The molecule has 0 N–H and O–H groups in total. The highest BCUT2D eigenvalue weighted by molar-refractivity contribution is 8.00. The highest BCUT2D eigenvalue weighted by Gasteiger charge is 2.30. The Morgan fingerprint density at radius 2 is 2.12 bits per heavy atom. The van der Waals surface area contributed by atoms with Gasteiger partial charge in [-0.15, -0.1) is 0 Å². The molecule has 1 aliphatic heterocycles. The normalized spacial score (nSPS) is 25.8. The molecule has 0 aromatic heterocycles. The number of carbonyl (C=O) groups is 1. The third-order valence-electron chi connectivity index (χ3n) is 3.39. The lowest BCUT2D eigenvalue weighted by molar-refractivity contribution is -0.133.